The van der Waals surface area contributed by atoms with Crippen LogP contribution in [0.15, 0.2) is 24.3 Å². The van der Waals surface area contributed by atoms with Crippen LogP contribution in [-0.4, -0.2) is 53.6 Å². The molecule has 0 aliphatic carbocycles. The number of hydrogen-bond donors (Lipinski definition) is 0. The number of halogens is 1. The monoisotopic (exact) mass is 308 g/mol. The van der Waals surface area contributed by atoms with Crippen LogP contribution in [0.2, 0.25) is 5.02 Å². The van der Waals surface area contributed by atoms with E-state index < -0.39 is 0 Å². The number of hydrogen-bond acceptors (Lipinski definition) is 3. The van der Waals surface area contributed by atoms with Crippen molar-refractivity contribution in [3.8, 4) is 0 Å². The van der Waals surface area contributed by atoms with Crippen molar-refractivity contribution in [3.63, 3.8) is 0 Å². The normalized spacial score (nSPS) is 15.5. The highest BCUT2D eigenvalue weighted by Crippen LogP contribution is 2.12. The summed E-state index contributed by atoms with van der Waals surface area (Å²) >= 11 is 5.77. The third-order valence-corrected chi connectivity index (χ3v) is 3.60. The molecule has 0 spiro atoms. The Hall–Kier alpha value is -1.88. The van der Waals surface area contributed by atoms with Crippen molar-refractivity contribution in [2.24, 2.45) is 0 Å². The zero-order valence-electron chi connectivity index (χ0n) is 11.8. The molecule has 2 rings (SSSR count). The number of carbonyl (C=O) groups excluding carboxylic acids is 3. The Morgan fingerprint density at radius 2 is 1.67 bits per heavy atom. The molecule has 6 heteroatoms. The summed E-state index contributed by atoms with van der Waals surface area (Å²) in [4.78, 5) is 38.9. The van der Waals surface area contributed by atoms with Gasteiger partial charge in [0.15, 0.2) is 5.78 Å². The van der Waals surface area contributed by atoms with Gasteiger partial charge in [0.2, 0.25) is 11.8 Å². The lowest BCUT2D eigenvalue weighted by Crippen LogP contribution is -2.54. The molecule has 0 aromatic heterocycles. The molecule has 0 N–H and O–H groups in total. The number of ketones is 1. The van der Waals surface area contributed by atoms with Crippen LogP contribution in [0, 0.1) is 0 Å². The van der Waals surface area contributed by atoms with Gasteiger partial charge in [-0.25, -0.2) is 0 Å². The molecule has 1 heterocycles. The third kappa shape index (κ3) is 3.82. The molecule has 1 saturated heterocycles. The molecule has 2 amide bonds. The molecule has 1 aliphatic rings. The summed E-state index contributed by atoms with van der Waals surface area (Å²) in [6.07, 6.45) is 0.808. The van der Waals surface area contributed by atoms with Gasteiger partial charge in [-0.15, -0.1) is 0 Å². The average molecular weight is 309 g/mol. The third-order valence-electron chi connectivity index (χ3n) is 3.35. The number of nitrogens with zero attached hydrogens (tertiary/aromatic N) is 2. The van der Waals surface area contributed by atoms with Crippen LogP contribution < -0.4 is 0 Å². The Morgan fingerprint density at radius 3 is 2.29 bits per heavy atom. The molecule has 0 atom stereocenters. The number of rotatable bonds is 5. The average Bonchev–Trinajstić information content (AvgIpc) is 2.45. The standard InChI is InChI=1S/C15H17ClN2O3/c1-2-7-17-9-15(21)18(10-14(17)20)8-13(19)11-3-5-12(16)6-4-11/h3-6H,2,7-10H2,1H3. The molecular formula is C15H17ClN2O3. The zero-order valence-corrected chi connectivity index (χ0v) is 12.6. The molecule has 0 saturated carbocycles. The smallest absolute Gasteiger partial charge is 0.243 e. The molecule has 112 valence electrons. The Kier molecular flexibility index (Phi) is 4.96. The summed E-state index contributed by atoms with van der Waals surface area (Å²) in [7, 11) is 0. The SMILES string of the molecule is CCCN1CC(=O)N(CC(=O)c2ccc(Cl)cc2)CC1=O. The van der Waals surface area contributed by atoms with Gasteiger partial charge in [0.05, 0.1) is 13.1 Å². The lowest BCUT2D eigenvalue weighted by Gasteiger charge is -2.33. The summed E-state index contributed by atoms with van der Waals surface area (Å²) in [6, 6.07) is 6.48. The van der Waals surface area contributed by atoms with E-state index in [1.807, 2.05) is 6.92 Å². The van der Waals surface area contributed by atoms with Gasteiger partial charge in [-0.2, -0.15) is 0 Å². The van der Waals surface area contributed by atoms with E-state index in [-0.39, 0.29) is 37.2 Å². The van der Waals surface area contributed by atoms with Crippen molar-refractivity contribution in [1.29, 1.82) is 0 Å². The van der Waals surface area contributed by atoms with E-state index in [1.54, 1.807) is 24.3 Å². The predicted octanol–water partition coefficient (Wildman–Crippen LogP) is 1.60. The molecule has 0 unspecified atom stereocenters. The fourth-order valence-corrected chi connectivity index (χ4v) is 2.35. The van der Waals surface area contributed by atoms with Crippen LogP contribution >= 0.6 is 11.6 Å². The number of benzene rings is 1. The second-order valence-corrected chi connectivity index (χ2v) is 5.43. The molecule has 0 radical (unpaired) electrons. The number of piperazine rings is 1. The Balaban J connectivity index is 2.00. The van der Waals surface area contributed by atoms with Crippen LogP contribution in [0.3, 0.4) is 0 Å². The Bertz CT molecular complexity index is 557. The fraction of sp³-hybridized carbons (Fsp3) is 0.400. The number of carbonyl (C=O) groups is 3. The van der Waals surface area contributed by atoms with Gasteiger partial charge in [-0.3, -0.25) is 14.4 Å². The zero-order chi connectivity index (χ0) is 15.4. The lowest BCUT2D eigenvalue weighted by atomic mass is 10.1. The van der Waals surface area contributed by atoms with Crippen molar-refractivity contribution in [2.45, 2.75) is 13.3 Å². The van der Waals surface area contributed by atoms with E-state index >= 15 is 0 Å². The first kappa shape index (κ1) is 15.5. The summed E-state index contributed by atoms with van der Waals surface area (Å²) < 4.78 is 0. The minimum absolute atomic E-state index is 0.0296. The first-order chi connectivity index (χ1) is 10.0. The van der Waals surface area contributed by atoms with E-state index in [1.165, 1.54) is 9.80 Å². The summed E-state index contributed by atoms with van der Waals surface area (Å²) in [5, 5.41) is 0.547. The Morgan fingerprint density at radius 1 is 1.10 bits per heavy atom. The molecule has 1 aromatic carbocycles. The molecule has 1 fully saturated rings. The van der Waals surface area contributed by atoms with Gasteiger partial charge in [0.25, 0.3) is 0 Å². The topological polar surface area (TPSA) is 57.7 Å². The van der Waals surface area contributed by atoms with Crippen molar-refractivity contribution in [1.82, 2.24) is 9.80 Å². The van der Waals surface area contributed by atoms with Crippen molar-refractivity contribution < 1.29 is 14.4 Å². The van der Waals surface area contributed by atoms with Crippen LogP contribution in [0.4, 0.5) is 0 Å². The maximum atomic E-state index is 12.1. The van der Waals surface area contributed by atoms with Crippen molar-refractivity contribution >= 4 is 29.2 Å². The van der Waals surface area contributed by atoms with E-state index in [2.05, 4.69) is 0 Å². The molecule has 1 aromatic rings. The molecule has 1 aliphatic heterocycles. The van der Waals surface area contributed by atoms with Gasteiger partial charge in [-0.05, 0) is 30.7 Å². The maximum Gasteiger partial charge on any atom is 0.243 e. The van der Waals surface area contributed by atoms with Crippen LogP contribution in [-0.2, 0) is 9.59 Å². The number of Topliss-reactive ketones (excluding diaryl/α,β-unsaturated/α-hetero) is 1. The lowest BCUT2D eigenvalue weighted by molar-refractivity contribution is -0.149. The van der Waals surface area contributed by atoms with Gasteiger partial charge >= 0.3 is 0 Å². The maximum absolute atomic E-state index is 12.1. The van der Waals surface area contributed by atoms with E-state index in [0.29, 0.717) is 17.1 Å². The molecule has 0 bridgehead atoms. The minimum Gasteiger partial charge on any atom is -0.332 e. The van der Waals surface area contributed by atoms with Gasteiger partial charge < -0.3 is 9.80 Å². The van der Waals surface area contributed by atoms with Gasteiger partial charge in [0, 0.05) is 17.1 Å². The second-order valence-electron chi connectivity index (χ2n) is 5.00. The van der Waals surface area contributed by atoms with E-state index in [4.69, 9.17) is 11.6 Å². The summed E-state index contributed by atoms with van der Waals surface area (Å²) in [5.74, 6) is -0.498. The van der Waals surface area contributed by atoms with Crippen LogP contribution in [0.1, 0.15) is 23.7 Å². The largest absolute Gasteiger partial charge is 0.332 e. The van der Waals surface area contributed by atoms with Crippen molar-refractivity contribution in [3.05, 3.63) is 34.9 Å². The quantitative estimate of drug-likeness (QED) is 0.776. The molecule has 21 heavy (non-hydrogen) atoms. The van der Waals surface area contributed by atoms with Crippen molar-refractivity contribution in [2.75, 3.05) is 26.2 Å². The summed E-state index contributed by atoms with van der Waals surface area (Å²) in [5.41, 5.74) is 0.482. The first-order valence-corrected chi connectivity index (χ1v) is 7.23. The van der Waals surface area contributed by atoms with Crippen LogP contribution in [0.5, 0.6) is 0 Å². The first-order valence-electron chi connectivity index (χ1n) is 6.85. The number of amides is 2. The summed E-state index contributed by atoms with van der Waals surface area (Å²) in [6.45, 7) is 2.47. The van der Waals surface area contributed by atoms with Gasteiger partial charge in [0.1, 0.15) is 6.54 Å². The highest BCUT2D eigenvalue weighted by Gasteiger charge is 2.30. The van der Waals surface area contributed by atoms with E-state index in [0.717, 1.165) is 6.42 Å². The van der Waals surface area contributed by atoms with Crippen LogP contribution in [0.25, 0.3) is 0 Å². The molecular weight excluding hydrogens is 292 g/mol. The molecule has 5 nitrogen and oxygen atoms in total. The predicted molar refractivity (Wildman–Crippen MR) is 79.2 cm³/mol. The highest BCUT2D eigenvalue weighted by molar-refractivity contribution is 6.30. The highest BCUT2D eigenvalue weighted by atomic mass is 35.5. The Labute approximate surface area is 128 Å². The minimum atomic E-state index is -0.197. The van der Waals surface area contributed by atoms with Gasteiger partial charge in [-0.1, -0.05) is 18.5 Å². The van der Waals surface area contributed by atoms with E-state index in [9.17, 15) is 14.4 Å². The second kappa shape index (κ2) is 6.72. The fourth-order valence-electron chi connectivity index (χ4n) is 2.22.